The second-order valence-electron chi connectivity index (χ2n) is 5.33. The Bertz CT molecular complexity index is 665. The number of hydrogen-bond donors (Lipinski definition) is 1. The summed E-state index contributed by atoms with van der Waals surface area (Å²) in [5.74, 6) is 1.62. The zero-order chi connectivity index (χ0) is 16.2. The van der Waals surface area contributed by atoms with Gasteiger partial charge in [0.2, 0.25) is 5.88 Å². The maximum Gasteiger partial charge on any atom is 0.230 e. The summed E-state index contributed by atoms with van der Waals surface area (Å²) in [7, 11) is 3.21. The van der Waals surface area contributed by atoms with Crippen LogP contribution in [0.2, 0.25) is 0 Å². The molecule has 1 fully saturated rings. The summed E-state index contributed by atoms with van der Waals surface area (Å²) in [5, 5.41) is 4.13. The van der Waals surface area contributed by atoms with Crippen molar-refractivity contribution in [2.24, 2.45) is 0 Å². The molecule has 23 heavy (non-hydrogen) atoms. The van der Waals surface area contributed by atoms with E-state index in [0.717, 1.165) is 43.1 Å². The van der Waals surface area contributed by atoms with Gasteiger partial charge in [-0.1, -0.05) is 11.2 Å². The van der Waals surface area contributed by atoms with Gasteiger partial charge in [0.05, 0.1) is 33.0 Å². The van der Waals surface area contributed by atoms with Crippen molar-refractivity contribution in [2.75, 3.05) is 46.3 Å². The third-order valence-corrected chi connectivity index (χ3v) is 3.94. The second-order valence-corrected chi connectivity index (χ2v) is 5.33. The first kappa shape index (κ1) is 15.6. The van der Waals surface area contributed by atoms with E-state index >= 15 is 0 Å². The lowest BCUT2D eigenvalue weighted by atomic mass is 10.0. The number of rotatable bonds is 5. The van der Waals surface area contributed by atoms with Crippen LogP contribution in [-0.4, -0.2) is 50.6 Å². The Morgan fingerprint density at radius 3 is 2.61 bits per heavy atom. The standard InChI is InChI=1S/C16H21N3O4/c1-20-13-4-3-11(9-14(13)21-2)15-12(18-23-16(15)17)10-19-5-7-22-8-6-19/h3-4,9H,5-8,10,17H2,1-2H3. The number of anilines is 1. The lowest BCUT2D eigenvalue weighted by molar-refractivity contribution is 0.0333. The van der Waals surface area contributed by atoms with Crippen LogP contribution >= 0.6 is 0 Å². The van der Waals surface area contributed by atoms with Crippen LogP contribution in [0.3, 0.4) is 0 Å². The maximum atomic E-state index is 6.00. The predicted octanol–water partition coefficient (Wildman–Crippen LogP) is 1.77. The molecule has 0 saturated carbocycles. The number of benzene rings is 1. The zero-order valence-corrected chi connectivity index (χ0v) is 13.4. The molecule has 1 aromatic heterocycles. The van der Waals surface area contributed by atoms with Gasteiger partial charge in [-0.05, 0) is 17.7 Å². The van der Waals surface area contributed by atoms with Crippen molar-refractivity contribution in [1.29, 1.82) is 0 Å². The molecule has 7 heteroatoms. The van der Waals surface area contributed by atoms with E-state index in [0.29, 0.717) is 23.9 Å². The normalized spacial score (nSPS) is 15.6. The number of aromatic nitrogens is 1. The van der Waals surface area contributed by atoms with Crippen molar-refractivity contribution in [3.8, 4) is 22.6 Å². The Morgan fingerprint density at radius 1 is 1.17 bits per heavy atom. The lowest BCUT2D eigenvalue weighted by Crippen LogP contribution is -2.35. The highest BCUT2D eigenvalue weighted by Crippen LogP contribution is 2.36. The van der Waals surface area contributed by atoms with Crippen LogP contribution in [0.15, 0.2) is 22.7 Å². The third kappa shape index (κ3) is 3.25. The molecule has 124 valence electrons. The summed E-state index contributed by atoms with van der Waals surface area (Å²) in [6.07, 6.45) is 0. The van der Waals surface area contributed by atoms with Crippen LogP contribution < -0.4 is 15.2 Å². The van der Waals surface area contributed by atoms with Crippen LogP contribution in [0.4, 0.5) is 5.88 Å². The van der Waals surface area contributed by atoms with Crippen LogP contribution in [0.25, 0.3) is 11.1 Å². The average molecular weight is 319 g/mol. The van der Waals surface area contributed by atoms with E-state index in [1.807, 2.05) is 18.2 Å². The van der Waals surface area contributed by atoms with Gasteiger partial charge in [0.25, 0.3) is 0 Å². The maximum absolute atomic E-state index is 6.00. The van der Waals surface area contributed by atoms with Crippen LogP contribution in [0.5, 0.6) is 11.5 Å². The van der Waals surface area contributed by atoms with E-state index in [4.69, 9.17) is 24.5 Å². The molecule has 0 aliphatic carbocycles. The fraction of sp³-hybridized carbons (Fsp3) is 0.438. The second kappa shape index (κ2) is 6.89. The van der Waals surface area contributed by atoms with E-state index in [9.17, 15) is 0 Å². The highest BCUT2D eigenvalue weighted by Gasteiger charge is 2.21. The Hall–Kier alpha value is -2.25. The third-order valence-electron chi connectivity index (χ3n) is 3.94. The minimum Gasteiger partial charge on any atom is -0.493 e. The Balaban J connectivity index is 1.91. The van der Waals surface area contributed by atoms with Gasteiger partial charge in [0, 0.05) is 19.6 Å². The Labute approximate surface area is 134 Å². The topological polar surface area (TPSA) is 83.0 Å². The molecular formula is C16H21N3O4. The average Bonchev–Trinajstić information content (AvgIpc) is 2.95. The number of nitrogen functional groups attached to an aromatic ring is 1. The largest absolute Gasteiger partial charge is 0.493 e. The summed E-state index contributed by atoms with van der Waals surface area (Å²) in [6.45, 7) is 3.89. The van der Waals surface area contributed by atoms with Gasteiger partial charge in [-0.15, -0.1) is 0 Å². The van der Waals surface area contributed by atoms with Crippen LogP contribution in [0.1, 0.15) is 5.69 Å². The van der Waals surface area contributed by atoms with E-state index in [-0.39, 0.29) is 0 Å². The monoisotopic (exact) mass is 319 g/mol. The summed E-state index contributed by atoms with van der Waals surface area (Å²) >= 11 is 0. The van der Waals surface area contributed by atoms with Crippen molar-refractivity contribution in [1.82, 2.24) is 10.1 Å². The van der Waals surface area contributed by atoms with Crippen molar-refractivity contribution < 1.29 is 18.7 Å². The van der Waals surface area contributed by atoms with E-state index in [2.05, 4.69) is 10.1 Å². The lowest BCUT2D eigenvalue weighted by Gasteiger charge is -2.25. The Kier molecular flexibility index (Phi) is 4.68. The molecule has 0 bridgehead atoms. The van der Waals surface area contributed by atoms with E-state index in [1.54, 1.807) is 14.2 Å². The highest BCUT2D eigenvalue weighted by atomic mass is 16.5. The van der Waals surface area contributed by atoms with Crippen molar-refractivity contribution in [3.63, 3.8) is 0 Å². The molecule has 1 saturated heterocycles. The predicted molar refractivity (Wildman–Crippen MR) is 85.6 cm³/mol. The molecule has 0 spiro atoms. The molecule has 1 aromatic carbocycles. The van der Waals surface area contributed by atoms with Crippen molar-refractivity contribution in [2.45, 2.75) is 6.54 Å². The van der Waals surface area contributed by atoms with Crippen molar-refractivity contribution in [3.05, 3.63) is 23.9 Å². The smallest absolute Gasteiger partial charge is 0.230 e. The SMILES string of the molecule is COc1ccc(-c2c(CN3CCOCC3)noc2N)cc1OC. The molecule has 2 N–H and O–H groups in total. The molecule has 0 amide bonds. The number of hydrogen-bond acceptors (Lipinski definition) is 7. The summed E-state index contributed by atoms with van der Waals surface area (Å²) in [6, 6.07) is 5.65. The highest BCUT2D eigenvalue weighted by molar-refractivity contribution is 5.76. The number of ether oxygens (including phenoxy) is 3. The van der Waals surface area contributed by atoms with Gasteiger partial charge in [0.15, 0.2) is 11.5 Å². The number of methoxy groups -OCH3 is 2. The molecule has 1 aliphatic rings. The van der Waals surface area contributed by atoms with Crippen molar-refractivity contribution >= 4 is 5.88 Å². The first-order valence-electron chi connectivity index (χ1n) is 7.49. The van der Waals surface area contributed by atoms with Crippen LogP contribution in [-0.2, 0) is 11.3 Å². The number of nitrogens with zero attached hydrogens (tertiary/aromatic N) is 2. The van der Waals surface area contributed by atoms with Gasteiger partial charge >= 0.3 is 0 Å². The van der Waals surface area contributed by atoms with E-state index in [1.165, 1.54) is 0 Å². The quantitative estimate of drug-likeness (QED) is 0.899. The molecule has 1 aliphatic heterocycles. The Morgan fingerprint density at radius 2 is 1.91 bits per heavy atom. The molecule has 0 atom stereocenters. The summed E-state index contributed by atoms with van der Waals surface area (Å²) in [5.41, 5.74) is 8.51. The molecule has 2 heterocycles. The summed E-state index contributed by atoms with van der Waals surface area (Å²) in [4.78, 5) is 2.27. The fourth-order valence-electron chi connectivity index (χ4n) is 2.72. The van der Waals surface area contributed by atoms with Gasteiger partial charge in [-0.25, -0.2) is 0 Å². The summed E-state index contributed by atoms with van der Waals surface area (Å²) < 4.78 is 21.2. The minimum atomic E-state index is 0.306. The first-order chi connectivity index (χ1) is 11.2. The molecule has 0 radical (unpaired) electrons. The number of morpholine rings is 1. The van der Waals surface area contributed by atoms with Gasteiger partial charge in [-0.3, -0.25) is 4.90 Å². The molecule has 7 nitrogen and oxygen atoms in total. The van der Waals surface area contributed by atoms with E-state index < -0.39 is 0 Å². The molecule has 2 aromatic rings. The molecule has 0 unspecified atom stereocenters. The van der Waals surface area contributed by atoms with Crippen LogP contribution in [0, 0.1) is 0 Å². The zero-order valence-electron chi connectivity index (χ0n) is 13.4. The first-order valence-corrected chi connectivity index (χ1v) is 7.49. The molecule has 3 rings (SSSR count). The number of nitrogens with two attached hydrogens (primary N) is 1. The fourth-order valence-corrected chi connectivity index (χ4v) is 2.72. The van der Waals surface area contributed by atoms with Gasteiger partial charge in [-0.2, -0.15) is 0 Å². The minimum absolute atomic E-state index is 0.306. The van der Waals surface area contributed by atoms with Gasteiger partial charge < -0.3 is 24.5 Å². The molecular weight excluding hydrogens is 298 g/mol. The van der Waals surface area contributed by atoms with Gasteiger partial charge in [0.1, 0.15) is 5.69 Å².